The van der Waals surface area contributed by atoms with Crippen molar-refractivity contribution in [3.05, 3.63) is 59.9 Å². The topological polar surface area (TPSA) is 47.6 Å². The Morgan fingerprint density at radius 3 is 2.36 bits per heavy atom. The largest absolute Gasteiger partial charge is 0.371 e. The molecule has 0 spiro atoms. The average Bonchev–Trinajstić information content (AvgIpc) is 2.85. The highest BCUT2D eigenvalue weighted by Crippen LogP contribution is 2.28. The second kappa shape index (κ2) is 11.0. The zero-order valence-electron chi connectivity index (χ0n) is 19.2. The summed E-state index contributed by atoms with van der Waals surface area (Å²) in [6.07, 6.45) is 7.75. The minimum Gasteiger partial charge on any atom is -0.371 e. The van der Waals surface area contributed by atoms with Gasteiger partial charge in [-0.3, -0.25) is 4.79 Å². The van der Waals surface area contributed by atoms with Crippen LogP contribution in [0.5, 0.6) is 0 Å². The van der Waals surface area contributed by atoms with Gasteiger partial charge in [-0.2, -0.15) is 0 Å². The summed E-state index contributed by atoms with van der Waals surface area (Å²) in [7, 11) is 1.96. The number of carbonyl (C=O) groups excluding carboxylic acids is 1. The summed E-state index contributed by atoms with van der Waals surface area (Å²) in [5, 5.41) is 7.04. The summed E-state index contributed by atoms with van der Waals surface area (Å²) in [6.45, 7) is 1.71. The second-order valence-electron chi connectivity index (χ2n) is 9.09. The van der Waals surface area contributed by atoms with E-state index < -0.39 is 0 Å². The van der Waals surface area contributed by atoms with Gasteiger partial charge in [-0.25, -0.2) is 4.39 Å². The van der Waals surface area contributed by atoms with Crippen LogP contribution in [-0.4, -0.2) is 48.1 Å². The van der Waals surface area contributed by atoms with Gasteiger partial charge in [0, 0.05) is 43.6 Å². The molecule has 1 aliphatic heterocycles. The van der Waals surface area contributed by atoms with Crippen molar-refractivity contribution < 1.29 is 9.18 Å². The zero-order valence-corrected chi connectivity index (χ0v) is 20.0. The van der Waals surface area contributed by atoms with Gasteiger partial charge in [0.05, 0.1) is 5.56 Å². The molecular weight excluding hydrogens is 435 g/mol. The average molecular weight is 469 g/mol. The van der Waals surface area contributed by atoms with Crippen molar-refractivity contribution in [2.24, 2.45) is 0 Å². The number of amides is 1. The van der Waals surface area contributed by atoms with Crippen LogP contribution in [-0.2, 0) is 0 Å². The molecule has 7 heteroatoms. The molecule has 0 radical (unpaired) electrons. The summed E-state index contributed by atoms with van der Waals surface area (Å²) in [6, 6.07) is 14.8. The summed E-state index contributed by atoms with van der Waals surface area (Å²) >= 11 is 5.44. The van der Waals surface area contributed by atoms with Gasteiger partial charge in [0.25, 0.3) is 5.91 Å². The Kier molecular flexibility index (Phi) is 7.81. The van der Waals surface area contributed by atoms with Crippen LogP contribution >= 0.6 is 12.2 Å². The van der Waals surface area contributed by atoms with E-state index in [0.29, 0.717) is 11.2 Å². The Bertz CT molecular complexity index is 953. The minimum atomic E-state index is -0.268. The highest BCUT2D eigenvalue weighted by molar-refractivity contribution is 7.80. The van der Waals surface area contributed by atoms with E-state index in [4.69, 9.17) is 12.2 Å². The molecule has 5 nitrogen and oxygen atoms in total. The third kappa shape index (κ3) is 6.02. The Hall–Kier alpha value is -2.67. The SMILES string of the molecule is CN(C(=O)c1ccccc1N1CCC(NC(=S)Nc2ccc(F)cc2)CC1)C1CCCCC1. The Balaban J connectivity index is 1.33. The fourth-order valence-corrected chi connectivity index (χ4v) is 5.19. The lowest BCUT2D eigenvalue weighted by Crippen LogP contribution is -2.46. The van der Waals surface area contributed by atoms with Crippen molar-refractivity contribution in [3.8, 4) is 0 Å². The van der Waals surface area contributed by atoms with E-state index >= 15 is 0 Å². The molecule has 0 bridgehead atoms. The molecule has 2 aliphatic rings. The first-order valence-corrected chi connectivity index (χ1v) is 12.4. The monoisotopic (exact) mass is 468 g/mol. The van der Waals surface area contributed by atoms with Gasteiger partial charge >= 0.3 is 0 Å². The molecule has 1 amide bonds. The number of piperidine rings is 1. The number of nitrogens with zero attached hydrogens (tertiary/aromatic N) is 2. The molecule has 33 heavy (non-hydrogen) atoms. The first-order valence-electron chi connectivity index (χ1n) is 12.0. The van der Waals surface area contributed by atoms with E-state index in [2.05, 4.69) is 21.6 Å². The molecule has 0 atom stereocenters. The minimum absolute atomic E-state index is 0.127. The molecule has 4 rings (SSSR count). The first-order chi connectivity index (χ1) is 16.0. The fourth-order valence-electron chi connectivity index (χ4n) is 4.90. The molecular formula is C26H33FN4OS. The smallest absolute Gasteiger partial charge is 0.255 e. The van der Waals surface area contributed by atoms with E-state index in [1.54, 1.807) is 12.1 Å². The number of rotatable bonds is 5. The lowest BCUT2D eigenvalue weighted by Gasteiger charge is -2.36. The third-order valence-corrected chi connectivity index (χ3v) is 7.07. The van der Waals surface area contributed by atoms with E-state index in [1.165, 1.54) is 31.4 Å². The van der Waals surface area contributed by atoms with Crippen molar-refractivity contribution in [1.29, 1.82) is 0 Å². The zero-order chi connectivity index (χ0) is 23.2. The van der Waals surface area contributed by atoms with Crippen LogP contribution in [0.15, 0.2) is 48.5 Å². The summed E-state index contributed by atoms with van der Waals surface area (Å²) < 4.78 is 13.1. The predicted molar refractivity (Wildman–Crippen MR) is 136 cm³/mol. The maximum atomic E-state index is 13.3. The molecule has 1 heterocycles. The van der Waals surface area contributed by atoms with E-state index in [9.17, 15) is 9.18 Å². The van der Waals surface area contributed by atoms with Crippen LogP contribution < -0.4 is 15.5 Å². The van der Waals surface area contributed by atoms with Gasteiger partial charge < -0.3 is 20.4 Å². The van der Waals surface area contributed by atoms with E-state index in [1.807, 2.05) is 30.1 Å². The molecule has 1 aliphatic carbocycles. The van der Waals surface area contributed by atoms with Gasteiger partial charge in [-0.05, 0) is 74.3 Å². The molecule has 1 saturated carbocycles. The van der Waals surface area contributed by atoms with Crippen molar-refractivity contribution in [2.75, 3.05) is 30.4 Å². The second-order valence-corrected chi connectivity index (χ2v) is 9.50. The standard InChI is InChI=1S/C26H33FN4OS/c1-30(22-7-3-2-4-8-22)25(32)23-9-5-6-10-24(23)31-17-15-21(16-18-31)29-26(33)28-20-13-11-19(27)12-14-20/h5-6,9-14,21-22H,2-4,7-8,15-18H2,1H3,(H2,28,29,33). The first kappa shape index (κ1) is 23.5. The van der Waals surface area contributed by atoms with Crippen molar-refractivity contribution in [3.63, 3.8) is 0 Å². The number of anilines is 2. The Labute approximate surface area is 201 Å². The number of thiocarbonyl (C=S) groups is 1. The lowest BCUT2D eigenvalue weighted by atomic mass is 9.94. The summed E-state index contributed by atoms with van der Waals surface area (Å²) in [5.74, 6) is -0.141. The predicted octanol–water partition coefficient (Wildman–Crippen LogP) is 5.19. The molecule has 0 unspecified atom stereocenters. The molecule has 0 aromatic heterocycles. The quantitative estimate of drug-likeness (QED) is 0.592. The van der Waals surface area contributed by atoms with Gasteiger partial charge in [0.15, 0.2) is 5.11 Å². The van der Waals surface area contributed by atoms with Crippen LogP contribution in [0.4, 0.5) is 15.8 Å². The van der Waals surface area contributed by atoms with Crippen LogP contribution in [0.1, 0.15) is 55.3 Å². The number of benzene rings is 2. The van der Waals surface area contributed by atoms with Crippen LogP contribution in [0, 0.1) is 5.82 Å². The highest BCUT2D eigenvalue weighted by atomic mass is 32.1. The summed E-state index contributed by atoms with van der Waals surface area (Å²) in [4.78, 5) is 17.6. The van der Waals surface area contributed by atoms with Crippen LogP contribution in [0.25, 0.3) is 0 Å². The van der Waals surface area contributed by atoms with E-state index in [-0.39, 0.29) is 17.8 Å². The van der Waals surface area contributed by atoms with Gasteiger partial charge in [0.1, 0.15) is 5.82 Å². The maximum absolute atomic E-state index is 13.3. The molecule has 176 valence electrons. The van der Waals surface area contributed by atoms with Gasteiger partial charge in [-0.1, -0.05) is 31.4 Å². The van der Waals surface area contributed by atoms with Crippen LogP contribution in [0.3, 0.4) is 0 Å². The molecule has 2 aromatic carbocycles. The Morgan fingerprint density at radius 2 is 1.67 bits per heavy atom. The molecule has 2 N–H and O–H groups in total. The Morgan fingerprint density at radius 1 is 1.00 bits per heavy atom. The summed E-state index contributed by atoms with van der Waals surface area (Å²) in [5.41, 5.74) is 2.59. The number of nitrogens with one attached hydrogen (secondary N) is 2. The van der Waals surface area contributed by atoms with Gasteiger partial charge in [-0.15, -0.1) is 0 Å². The van der Waals surface area contributed by atoms with Crippen molar-refractivity contribution in [2.45, 2.75) is 57.0 Å². The fraction of sp³-hybridized carbons (Fsp3) is 0.462. The normalized spacial score (nSPS) is 17.5. The van der Waals surface area contributed by atoms with Crippen molar-refractivity contribution >= 4 is 34.6 Å². The number of hydrogen-bond acceptors (Lipinski definition) is 3. The number of hydrogen-bond donors (Lipinski definition) is 2. The van der Waals surface area contributed by atoms with Crippen molar-refractivity contribution in [1.82, 2.24) is 10.2 Å². The highest BCUT2D eigenvalue weighted by Gasteiger charge is 2.27. The van der Waals surface area contributed by atoms with Crippen LogP contribution in [0.2, 0.25) is 0 Å². The third-order valence-electron chi connectivity index (χ3n) is 6.85. The molecule has 2 aromatic rings. The maximum Gasteiger partial charge on any atom is 0.255 e. The van der Waals surface area contributed by atoms with Gasteiger partial charge in [0.2, 0.25) is 0 Å². The number of halogens is 1. The van der Waals surface area contributed by atoms with E-state index in [0.717, 1.165) is 55.7 Å². The molecule has 2 fully saturated rings. The molecule has 1 saturated heterocycles. The number of para-hydroxylation sites is 1. The lowest BCUT2D eigenvalue weighted by molar-refractivity contribution is 0.0697. The number of carbonyl (C=O) groups is 1.